The molecule has 0 spiro atoms. The molecule has 0 atom stereocenters. The molecule has 1 fully saturated rings. The molecule has 7 heteroatoms. The standard InChI is InChI=1S/C19H20N4O2S/c1-13-10-14(22-7-2-3-8-22)4-5-16(13)21-17(24)11-23-12-20-18-15(19(23)25)6-9-26-18/h4-6,9-10,12H,2-3,7-8,11H2,1H3,(H,21,24). The van der Waals surface area contributed by atoms with Gasteiger partial charge in [0.05, 0.1) is 11.7 Å². The Morgan fingerprint density at radius 3 is 2.85 bits per heavy atom. The second-order valence-corrected chi connectivity index (χ2v) is 7.45. The van der Waals surface area contributed by atoms with Crippen molar-refractivity contribution in [2.24, 2.45) is 0 Å². The average Bonchev–Trinajstić information content (AvgIpc) is 3.31. The maximum atomic E-state index is 12.4. The number of carbonyl (C=O) groups excluding carboxylic acids is 1. The number of rotatable bonds is 4. The predicted octanol–water partition coefficient (Wildman–Crippen LogP) is 3.01. The van der Waals surface area contributed by atoms with Gasteiger partial charge >= 0.3 is 0 Å². The molecule has 0 aliphatic carbocycles. The Morgan fingerprint density at radius 2 is 2.08 bits per heavy atom. The number of anilines is 2. The second kappa shape index (κ2) is 6.92. The first-order chi connectivity index (χ1) is 12.6. The fourth-order valence-corrected chi connectivity index (χ4v) is 4.03. The van der Waals surface area contributed by atoms with Crippen molar-refractivity contribution in [2.75, 3.05) is 23.3 Å². The quantitative estimate of drug-likeness (QED) is 0.769. The molecule has 0 unspecified atom stereocenters. The third kappa shape index (κ3) is 3.22. The van der Waals surface area contributed by atoms with Crippen molar-refractivity contribution in [2.45, 2.75) is 26.3 Å². The zero-order chi connectivity index (χ0) is 18.1. The molecule has 1 aliphatic heterocycles. The smallest absolute Gasteiger partial charge is 0.262 e. The van der Waals surface area contributed by atoms with Gasteiger partial charge in [0.25, 0.3) is 5.56 Å². The number of fused-ring (bicyclic) bond motifs is 1. The van der Waals surface area contributed by atoms with Crippen LogP contribution in [-0.2, 0) is 11.3 Å². The summed E-state index contributed by atoms with van der Waals surface area (Å²) in [6.07, 6.45) is 3.90. The van der Waals surface area contributed by atoms with Gasteiger partial charge in [-0.25, -0.2) is 4.98 Å². The normalized spacial score (nSPS) is 14.1. The van der Waals surface area contributed by atoms with E-state index in [4.69, 9.17) is 0 Å². The Balaban J connectivity index is 1.48. The van der Waals surface area contributed by atoms with Gasteiger partial charge in [-0.05, 0) is 55.0 Å². The monoisotopic (exact) mass is 368 g/mol. The summed E-state index contributed by atoms with van der Waals surface area (Å²) in [4.78, 5) is 32.1. The summed E-state index contributed by atoms with van der Waals surface area (Å²) in [5.41, 5.74) is 2.80. The number of aryl methyl sites for hydroxylation is 1. The van der Waals surface area contributed by atoms with E-state index in [1.54, 1.807) is 6.07 Å². The van der Waals surface area contributed by atoms with Gasteiger partial charge in [-0.2, -0.15) is 0 Å². The molecule has 0 saturated carbocycles. The van der Waals surface area contributed by atoms with E-state index in [1.165, 1.54) is 40.8 Å². The summed E-state index contributed by atoms with van der Waals surface area (Å²) in [6.45, 7) is 4.11. The van der Waals surface area contributed by atoms with Gasteiger partial charge in [0.2, 0.25) is 5.91 Å². The van der Waals surface area contributed by atoms with Crippen molar-refractivity contribution in [1.29, 1.82) is 0 Å². The van der Waals surface area contributed by atoms with E-state index < -0.39 is 0 Å². The largest absolute Gasteiger partial charge is 0.372 e. The molecule has 26 heavy (non-hydrogen) atoms. The molecule has 1 N–H and O–H groups in total. The highest BCUT2D eigenvalue weighted by atomic mass is 32.1. The number of benzene rings is 1. The van der Waals surface area contributed by atoms with Crippen LogP contribution in [0.2, 0.25) is 0 Å². The Hall–Kier alpha value is -2.67. The van der Waals surface area contributed by atoms with Gasteiger partial charge in [-0.1, -0.05) is 0 Å². The number of aromatic nitrogens is 2. The lowest BCUT2D eigenvalue weighted by molar-refractivity contribution is -0.116. The summed E-state index contributed by atoms with van der Waals surface area (Å²) < 4.78 is 1.35. The minimum absolute atomic E-state index is 0.0507. The van der Waals surface area contributed by atoms with Crippen LogP contribution in [0.3, 0.4) is 0 Å². The van der Waals surface area contributed by atoms with Gasteiger partial charge in [0, 0.05) is 24.5 Å². The molecular formula is C19H20N4O2S. The molecule has 6 nitrogen and oxygen atoms in total. The van der Waals surface area contributed by atoms with Gasteiger partial charge in [0.15, 0.2) is 0 Å². The second-order valence-electron chi connectivity index (χ2n) is 6.56. The van der Waals surface area contributed by atoms with E-state index in [2.05, 4.69) is 21.3 Å². The molecule has 1 amide bonds. The first-order valence-corrected chi connectivity index (χ1v) is 9.58. The lowest BCUT2D eigenvalue weighted by Gasteiger charge is -2.19. The van der Waals surface area contributed by atoms with Gasteiger partial charge in [0.1, 0.15) is 11.4 Å². The molecule has 1 aromatic carbocycles. The predicted molar refractivity (Wildman–Crippen MR) is 105 cm³/mol. The molecule has 134 valence electrons. The molecule has 2 aromatic heterocycles. The SMILES string of the molecule is Cc1cc(N2CCCC2)ccc1NC(=O)Cn1cnc2sccc2c1=O. The van der Waals surface area contributed by atoms with Crippen LogP contribution >= 0.6 is 11.3 Å². The Kier molecular flexibility index (Phi) is 4.46. The summed E-state index contributed by atoms with van der Waals surface area (Å²) in [7, 11) is 0. The summed E-state index contributed by atoms with van der Waals surface area (Å²) in [6, 6.07) is 7.82. The zero-order valence-corrected chi connectivity index (χ0v) is 15.4. The molecule has 3 aromatic rings. The number of nitrogens with one attached hydrogen (secondary N) is 1. The van der Waals surface area contributed by atoms with Crippen molar-refractivity contribution in [3.8, 4) is 0 Å². The fraction of sp³-hybridized carbons (Fsp3) is 0.316. The molecule has 0 bridgehead atoms. The minimum atomic E-state index is -0.236. The van der Waals surface area contributed by atoms with Crippen LogP contribution in [0.1, 0.15) is 18.4 Å². The minimum Gasteiger partial charge on any atom is -0.372 e. The van der Waals surface area contributed by atoms with E-state index in [9.17, 15) is 9.59 Å². The van der Waals surface area contributed by atoms with Crippen molar-refractivity contribution in [3.05, 3.63) is 51.9 Å². The highest BCUT2D eigenvalue weighted by Gasteiger charge is 2.14. The topological polar surface area (TPSA) is 67.2 Å². The average molecular weight is 368 g/mol. The van der Waals surface area contributed by atoms with Gasteiger partial charge < -0.3 is 10.2 Å². The first-order valence-electron chi connectivity index (χ1n) is 8.70. The molecule has 1 saturated heterocycles. The van der Waals surface area contributed by atoms with E-state index >= 15 is 0 Å². The highest BCUT2D eigenvalue weighted by Crippen LogP contribution is 2.25. The van der Waals surface area contributed by atoms with Crippen LogP contribution in [-0.4, -0.2) is 28.5 Å². The lowest BCUT2D eigenvalue weighted by Crippen LogP contribution is -2.27. The molecular weight excluding hydrogens is 348 g/mol. The summed E-state index contributed by atoms with van der Waals surface area (Å²) in [5, 5.41) is 5.28. The molecule has 3 heterocycles. The number of hydrogen-bond donors (Lipinski definition) is 1. The van der Waals surface area contributed by atoms with Crippen molar-refractivity contribution < 1.29 is 4.79 Å². The van der Waals surface area contributed by atoms with Crippen LogP contribution in [0.15, 0.2) is 40.8 Å². The first kappa shape index (κ1) is 16.8. The number of nitrogens with zero attached hydrogens (tertiary/aromatic N) is 3. The van der Waals surface area contributed by atoms with E-state index in [1.807, 2.05) is 24.4 Å². The van der Waals surface area contributed by atoms with Crippen LogP contribution in [0, 0.1) is 6.92 Å². The van der Waals surface area contributed by atoms with Crippen molar-refractivity contribution >= 4 is 38.8 Å². The number of amides is 1. The lowest BCUT2D eigenvalue weighted by atomic mass is 10.1. The third-order valence-corrected chi connectivity index (χ3v) is 5.54. The maximum Gasteiger partial charge on any atom is 0.262 e. The van der Waals surface area contributed by atoms with Crippen LogP contribution in [0.4, 0.5) is 11.4 Å². The molecule has 0 radical (unpaired) electrons. The van der Waals surface area contributed by atoms with Crippen LogP contribution < -0.4 is 15.8 Å². The summed E-state index contributed by atoms with van der Waals surface area (Å²) >= 11 is 1.42. The number of hydrogen-bond acceptors (Lipinski definition) is 5. The van der Waals surface area contributed by atoms with E-state index in [0.717, 1.165) is 24.3 Å². The zero-order valence-electron chi connectivity index (χ0n) is 14.6. The van der Waals surface area contributed by atoms with E-state index in [-0.39, 0.29) is 18.0 Å². The number of thiophene rings is 1. The van der Waals surface area contributed by atoms with Gasteiger partial charge in [-0.3, -0.25) is 14.2 Å². The third-order valence-electron chi connectivity index (χ3n) is 4.72. The summed E-state index contributed by atoms with van der Waals surface area (Å²) in [5.74, 6) is -0.236. The van der Waals surface area contributed by atoms with Crippen LogP contribution in [0.5, 0.6) is 0 Å². The maximum absolute atomic E-state index is 12.4. The Bertz CT molecular complexity index is 1020. The molecule has 4 rings (SSSR count). The van der Waals surface area contributed by atoms with Crippen LogP contribution in [0.25, 0.3) is 10.2 Å². The van der Waals surface area contributed by atoms with Crippen molar-refractivity contribution in [1.82, 2.24) is 9.55 Å². The van der Waals surface area contributed by atoms with Crippen molar-refractivity contribution in [3.63, 3.8) is 0 Å². The van der Waals surface area contributed by atoms with E-state index in [0.29, 0.717) is 10.2 Å². The molecule has 1 aliphatic rings. The van der Waals surface area contributed by atoms with Gasteiger partial charge in [-0.15, -0.1) is 11.3 Å². The number of carbonyl (C=O) groups is 1. The Labute approximate surface area is 155 Å². The highest BCUT2D eigenvalue weighted by molar-refractivity contribution is 7.16. The fourth-order valence-electron chi connectivity index (χ4n) is 3.31. The Morgan fingerprint density at radius 1 is 1.27 bits per heavy atom.